The molecule has 1 saturated carbocycles. The van der Waals surface area contributed by atoms with Crippen LogP contribution in [-0.4, -0.2) is 18.1 Å². The van der Waals surface area contributed by atoms with Crippen LogP contribution in [0, 0.1) is 17.8 Å². The first-order valence-electron chi connectivity index (χ1n) is 10.2. The van der Waals surface area contributed by atoms with Crippen molar-refractivity contribution < 1.29 is 35.8 Å². The largest absolute Gasteiger partial charge is 0.478 e. The van der Waals surface area contributed by atoms with Crippen LogP contribution in [0.4, 0.5) is 26.3 Å². The first-order chi connectivity index (χ1) is 13.5. The highest BCUT2D eigenvalue weighted by atomic mass is 19.4. The minimum absolute atomic E-state index is 0.380. The molecule has 1 fully saturated rings. The molecule has 0 radical (unpaired) electrons. The van der Waals surface area contributed by atoms with Crippen molar-refractivity contribution in [3.05, 3.63) is 23.3 Å². The van der Waals surface area contributed by atoms with Crippen molar-refractivity contribution in [2.45, 2.75) is 76.4 Å². The molecule has 1 aromatic carbocycles. The highest BCUT2D eigenvalue weighted by Gasteiger charge is 2.79. The van der Waals surface area contributed by atoms with E-state index in [4.69, 9.17) is 0 Å². The summed E-state index contributed by atoms with van der Waals surface area (Å²) in [6.45, 7) is 2.19. The van der Waals surface area contributed by atoms with E-state index in [2.05, 4.69) is 16.4 Å². The van der Waals surface area contributed by atoms with Crippen molar-refractivity contribution >= 4 is 0 Å². The topological polar surface area (TPSA) is 18.5 Å². The summed E-state index contributed by atoms with van der Waals surface area (Å²) in [6, 6.07) is 2.62. The average Bonchev–Trinajstić information content (AvgIpc) is 3.20. The number of ether oxygens (including phenoxy) is 2. The number of hydrogen-bond acceptors (Lipinski definition) is 2. The van der Waals surface area contributed by atoms with Gasteiger partial charge in [-0.2, -0.15) is 26.3 Å². The first-order valence-corrected chi connectivity index (χ1v) is 10.2. The maximum atomic E-state index is 13.2. The smallest absolute Gasteiger partial charge is 0.434 e. The molecule has 3 aliphatic rings. The van der Waals surface area contributed by atoms with Gasteiger partial charge in [0.15, 0.2) is 11.5 Å². The highest BCUT2D eigenvalue weighted by molar-refractivity contribution is 5.52. The Bertz CT molecular complexity index is 711. The molecule has 4 rings (SSSR count). The zero-order valence-electron chi connectivity index (χ0n) is 16.1. The van der Waals surface area contributed by atoms with E-state index in [1.165, 1.54) is 37.8 Å². The molecule has 8 heteroatoms. The summed E-state index contributed by atoms with van der Waals surface area (Å²) in [6.07, 6.45) is -3.03. The van der Waals surface area contributed by atoms with Gasteiger partial charge in [0.2, 0.25) is 0 Å². The quantitative estimate of drug-likeness (QED) is 0.511. The third-order valence-corrected chi connectivity index (χ3v) is 6.74. The number of alkyl halides is 6. The molecule has 1 heterocycles. The van der Waals surface area contributed by atoms with Gasteiger partial charge in [0.1, 0.15) is 0 Å². The summed E-state index contributed by atoms with van der Waals surface area (Å²) in [7, 11) is 0. The summed E-state index contributed by atoms with van der Waals surface area (Å²) in [5, 5.41) is 0. The molecule has 0 atom stereocenters. The predicted octanol–water partition coefficient (Wildman–Crippen LogP) is 6.60. The van der Waals surface area contributed by atoms with Gasteiger partial charge < -0.3 is 9.47 Å². The molecule has 2 aliphatic carbocycles. The molecule has 0 aromatic heterocycles. The molecule has 0 saturated heterocycles. The van der Waals surface area contributed by atoms with Crippen molar-refractivity contribution in [2.24, 2.45) is 17.8 Å². The summed E-state index contributed by atoms with van der Waals surface area (Å²) < 4.78 is 88.0. The maximum Gasteiger partial charge on any atom is 0.478 e. The first kappa shape index (κ1) is 20.7. The lowest BCUT2D eigenvalue weighted by molar-refractivity contribution is -0.412. The molecule has 1 aromatic rings. The van der Waals surface area contributed by atoms with Crippen LogP contribution in [0.1, 0.15) is 56.6 Å². The van der Waals surface area contributed by atoms with E-state index in [-0.39, 0.29) is 0 Å². The Balaban J connectivity index is 1.49. The lowest BCUT2D eigenvalue weighted by Crippen LogP contribution is -2.63. The molecule has 0 bridgehead atoms. The lowest BCUT2D eigenvalue weighted by Gasteiger charge is -2.32. The molecule has 29 heavy (non-hydrogen) atoms. The molecular weight excluding hydrogens is 398 g/mol. The summed E-state index contributed by atoms with van der Waals surface area (Å²) in [5.74, 6) is -3.88. The van der Waals surface area contributed by atoms with Crippen LogP contribution >= 0.6 is 0 Å². The van der Waals surface area contributed by atoms with Crippen molar-refractivity contribution in [1.82, 2.24) is 0 Å². The second-order valence-electron chi connectivity index (χ2n) is 8.62. The fraction of sp³-hybridized carbons (Fsp3) is 0.714. The monoisotopic (exact) mass is 422 g/mol. The Morgan fingerprint density at radius 1 is 0.828 bits per heavy atom. The number of rotatable bonds is 3. The van der Waals surface area contributed by atoms with E-state index < -0.39 is 29.6 Å². The van der Waals surface area contributed by atoms with Crippen molar-refractivity contribution in [3.63, 3.8) is 0 Å². The minimum Gasteiger partial charge on any atom is -0.434 e. The van der Waals surface area contributed by atoms with Crippen LogP contribution in [0.2, 0.25) is 0 Å². The van der Waals surface area contributed by atoms with E-state index in [0.29, 0.717) is 24.7 Å². The Morgan fingerprint density at radius 2 is 1.31 bits per heavy atom. The number of benzene rings is 1. The molecule has 1 aliphatic heterocycles. The number of halogens is 6. The number of hydrogen-bond donors (Lipinski definition) is 0. The third kappa shape index (κ3) is 3.46. The normalized spacial score (nSPS) is 26.6. The molecule has 162 valence electrons. The van der Waals surface area contributed by atoms with Crippen molar-refractivity contribution in [2.75, 3.05) is 0 Å². The Hall–Kier alpha value is -1.60. The SMILES string of the molecule is CCCC1CCC(C2Cc3cc4c(cc3C2)OC(C(F)(F)F)(C(F)(F)F)O4)CC1. The zero-order chi connectivity index (χ0) is 21.0. The fourth-order valence-corrected chi connectivity index (χ4v) is 5.23. The average molecular weight is 422 g/mol. The van der Waals surface area contributed by atoms with Crippen LogP contribution < -0.4 is 9.47 Å². The Labute approximate surface area is 165 Å². The highest BCUT2D eigenvalue weighted by Crippen LogP contribution is 2.55. The van der Waals surface area contributed by atoms with Gasteiger partial charge in [-0.1, -0.05) is 32.6 Å². The number of fused-ring (bicyclic) bond motifs is 2. The standard InChI is InChI=1S/C21H24F6O2/c1-2-3-12-4-6-13(7-5-12)14-8-15-10-17-18(11-16(15)9-14)29-19(28-17,20(22,23)24)21(25,26)27/h10-14H,2-9H2,1H3. The summed E-state index contributed by atoms with van der Waals surface area (Å²) in [4.78, 5) is 0. The van der Waals surface area contributed by atoms with E-state index >= 15 is 0 Å². The lowest BCUT2D eigenvalue weighted by atomic mass is 9.74. The third-order valence-electron chi connectivity index (χ3n) is 6.74. The molecule has 2 nitrogen and oxygen atoms in total. The summed E-state index contributed by atoms with van der Waals surface area (Å²) >= 11 is 0. The van der Waals surface area contributed by atoms with Gasteiger partial charge in [-0.25, -0.2) is 0 Å². The van der Waals surface area contributed by atoms with Gasteiger partial charge in [0.05, 0.1) is 0 Å². The molecule has 0 spiro atoms. The van der Waals surface area contributed by atoms with Gasteiger partial charge in [0.25, 0.3) is 0 Å². The van der Waals surface area contributed by atoms with Crippen molar-refractivity contribution in [3.8, 4) is 11.5 Å². The van der Waals surface area contributed by atoms with Crippen LogP contribution in [0.25, 0.3) is 0 Å². The Morgan fingerprint density at radius 3 is 1.72 bits per heavy atom. The van der Waals surface area contributed by atoms with Crippen LogP contribution in [0.5, 0.6) is 11.5 Å². The van der Waals surface area contributed by atoms with Gasteiger partial charge in [-0.15, -0.1) is 0 Å². The van der Waals surface area contributed by atoms with E-state index in [1.54, 1.807) is 0 Å². The van der Waals surface area contributed by atoms with E-state index in [1.807, 2.05) is 0 Å². The van der Waals surface area contributed by atoms with Gasteiger partial charge in [-0.3, -0.25) is 0 Å². The summed E-state index contributed by atoms with van der Waals surface area (Å²) in [5.41, 5.74) is 1.54. The van der Waals surface area contributed by atoms with Gasteiger partial charge >= 0.3 is 18.1 Å². The van der Waals surface area contributed by atoms with E-state index in [9.17, 15) is 26.3 Å². The van der Waals surface area contributed by atoms with Crippen LogP contribution in [0.3, 0.4) is 0 Å². The minimum atomic E-state index is -5.74. The zero-order valence-corrected chi connectivity index (χ0v) is 16.1. The maximum absolute atomic E-state index is 13.2. The molecular formula is C21H24F6O2. The molecule has 0 N–H and O–H groups in total. The van der Waals surface area contributed by atoms with Crippen molar-refractivity contribution in [1.29, 1.82) is 0 Å². The predicted molar refractivity (Wildman–Crippen MR) is 93.8 cm³/mol. The van der Waals surface area contributed by atoms with Gasteiger partial charge in [-0.05, 0) is 66.7 Å². The molecule has 0 amide bonds. The van der Waals surface area contributed by atoms with E-state index in [0.717, 1.165) is 29.9 Å². The second-order valence-corrected chi connectivity index (χ2v) is 8.62. The van der Waals surface area contributed by atoms with Gasteiger partial charge in [0, 0.05) is 0 Å². The molecule has 0 unspecified atom stereocenters. The second kappa shape index (κ2) is 6.98. The fourth-order valence-electron chi connectivity index (χ4n) is 5.23. The van der Waals surface area contributed by atoms with Crippen LogP contribution in [-0.2, 0) is 12.8 Å². The Kier molecular flexibility index (Phi) is 4.97. The van der Waals surface area contributed by atoms with Crippen LogP contribution in [0.15, 0.2) is 12.1 Å².